The average Bonchev–Trinajstić information content (AvgIpc) is 3.15. The Morgan fingerprint density at radius 2 is 1.95 bits per heavy atom. The summed E-state index contributed by atoms with van der Waals surface area (Å²) in [6.07, 6.45) is 4.83. The number of benzene rings is 1. The lowest BCUT2D eigenvalue weighted by Gasteiger charge is -1.97. The van der Waals surface area contributed by atoms with Crippen LogP contribution in [-0.2, 0) is 0 Å². The SMILES string of the molecule is Nc1[nH]ncc1-c1nc(-c2ccc3nccnc3c2)no1. The summed E-state index contributed by atoms with van der Waals surface area (Å²) in [5.41, 5.74) is 8.68. The molecule has 0 spiro atoms. The van der Waals surface area contributed by atoms with Crippen LogP contribution in [0.3, 0.4) is 0 Å². The molecule has 0 bridgehead atoms. The molecule has 0 aliphatic rings. The lowest BCUT2D eigenvalue weighted by molar-refractivity contribution is 0.432. The first kappa shape index (κ1) is 11.5. The van der Waals surface area contributed by atoms with Crippen molar-refractivity contribution < 1.29 is 4.52 Å². The normalized spacial score (nSPS) is 11.0. The Balaban J connectivity index is 1.79. The van der Waals surface area contributed by atoms with Crippen molar-refractivity contribution in [3.8, 4) is 22.8 Å². The van der Waals surface area contributed by atoms with Crippen LogP contribution in [0.5, 0.6) is 0 Å². The van der Waals surface area contributed by atoms with Gasteiger partial charge in [0.15, 0.2) is 0 Å². The molecule has 0 fully saturated rings. The number of aromatic nitrogens is 6. The molecule has 8 heteroatoms. The number of anilines is 1. The van der Waals surface area contributed by atoms with E-state index in [1.165, 1.54) is 0 Å². The fraction of sp³-hybridized carbons (Fsp3) is 0. The highest BCUT2D eigenvalue weighted by molar-refractivity contribution is 5.79. The molecule has 4 aromatic rings. The number of nitrogens with two attached hydrogens (primary N) is 1. The van der Waals surface area contributed by atoms with Crippen LogP contribution in [0, 0.1) is 0 Å². The average molecular weight is 279 g/mol. The summed E-state index contributed by atoms with van der Waals surface area (Å²) >= 11 is 0. The molecule has 0 amide bonds. The number of nitrogens with zero attached hydrogens (tertiary/aromatic N) is 5. The van der Waals surface area contributed by atoms with E-state index >= 15 is 0 Å². The summed E-state index contributed by atoms with van der Waals surface area (Å²) in [6, 6.07) is 5.58. The number of hydrogen-bond acceptors (Lipinski definition) is 7. The van der Waals surface area contributed by atoms with Crippen molar-refractivity contribution in [2.45, 2.75) is 0 Å². The maximum atomic E-state index is 5.73. The fourth-order valence-electron chi connectivity index (χ4n) is 2.02. The van der Waals surface area contributed by atoms with E-state index in [1.54, 1.807) is 18.6 Å². The Kier molecular flexibility index (Phi) is 2.40. The maximum Gasteiger partial charge on any atom is 0.263 e. The van der Waals surface area contributed by atoms with Crippen LogP contribution in [0.2, 0.25) is 0 Å². The number of nitrogens with one attached hydrogen (secondary N) is 1. The van der Waals surface area contributed by atoms with Crippen LogP contribution in [0.15, 0.2) is 41.3 Å². The van der Waals surface area contributed by atoms with Gasteiger partial charge in [0.25, 0.3) is 5.89 Å². The van der Waals surface area contributed by atoms with Crippen LogP contribution in [0.1, 0.15) is 0 Å². The summed E-state index contributed by atoms with van der Waals surface area (Å²) in [4.78, 5) is 12.8. The molecule has 4 rings (SSSR count). The minimum absolute atomic E-state index is 0.315. The van der Waals surface area contributed by atoms with Crippen LogP contribution >= 0.6 is 0 Å². The van der Waals surface area contributed by atoms with Crippen molar-refractivity contribution in [3.63, 3.8) is 0 Å². The molecular formula is C13H9N7O. The largest absolute Gasteiger partial charge is 0.383 e. The topological polar surface area (TPSA) is 119 Å². The highest BCUT2D eigenvalue weighted by Crippen LogP contribution is 2.25. The zero-order valence-corrected chi connectivity index (χ0v) is 10.7. The van der Waals surface area contributed by atoms with E-state index in [0.29, 0.717) is 23.1 Å². The maximum absolute atomic E-state index is 5.73. The zero-order chi connectivity index (χ0) is 14.2. The molecule has 21 heavy (non-hydrogen) atoms. The van der Waals surface area contributed by atoms with Gasteiger partial charge in [0.05, 0.1) is 17.2 Å². The monoisotopic (exact) mass is 279 g/mol. The van der Waals surface area contributed by atoms with Crippen molar-refractivity contribution >= 4 is 16.9 Å². The standard InChI is InChI=1S/C13H9N7O/c14-11-8(6-17-19-11)13-18-12(20-21-13)7-1-2-9-10(5-7)16-4-3-15-9/h1-6H,(H3,14,17,19). The van der Waals surface area contributed by atoms with Gasteiger partial charge in [-0.15, -0.1) is 0 Å². The summed E-state index contributed by atoms with van der Waals surface area (Å²) in [6.45, 7) is 0. The van der Waals surface area contributed by atoms with Gasteiger partial charge in [-0.3, -0.25) is 15.1 Å². The van der Waals surface area contributed by atoms with Gasteiger partial charge in [0.2, 0.25) is 5.82 Å². The van der Waals surface area contributed by atoms with E-state index in [1.807, 2.05) is 18.2 Å². The van der Waals surface area contributed by atoms with Crippen molar-refractivity contribution in [2.24, 2.45) is 0 Å². The minimum atomic E-state index is 0.315. The van der Waals surface area contributed by atoms with E-state index in [9.17, 15) is 0 Å². The third-order valence-corrected chi connectivity index (χ3v) is 3.05. The number of H-pyrrole nitrogens is 1. The molecule has 0 saturated carbocycles. The second-order valence-corrected chi connectivity index (χ2v) is 4.38. The van der Waals surface area contributed by atoms with Crippen LogP contribution in [0.4, 0.5) is 5.82 Å². The molecule has 3 heterocycles. The highest BCUT2D eigenvalue weighted by Gasteiger charge is 2.14. The first-order valence-electron chi connectivity index (χ1n) is 6.15. The van der Waals surface area contributed by atoms with Gasteiger partial charge in [0.1, 0.15) is 11.4 Å². The van der Waals surface area contributed by atoms with Gasteiger partial charge < -0.3 is 10.3 Å². The van der Waals surface area contributed by atoms with Crippen molar-refractivity contribution in [2.75, 3.05) is 5.73 Å². The molecule has 3 aromatic heterocycles. The molecule has 0 saturated heterocycles. The van der Waals surface area contributed by atoms with E-state index in [2.05, 4.69) is 30.3 Å². The number of aromatic amines is 1. The zero-order valence-electron chi connectivity index (χ0n) is 10.7. The third kappa shape index (κ3) is 1.89. The summed E-state index contributed by atoms with van der Waals surface area (Å²) in [5, 5.41) is 10.4. The van der Waals surface area contributed by atoms with Gasteiger partial charge >= 0.3 is 0 Å². The molecule has 3 N–H and O–H groups in total. The second kappa shape index (κ2) is 4.37. The lowest BCUT2D eigenvalue weighted by atomic mass is 10.2. The molecule has 8 nitrogen and oxygen atoms in total. The quantitative estimate of drug-likeness (QED) is 0.572. The number of nitrogen functional groups attached to an aromatic ring is 1. The predicted octanol–water partition coefficient (Wildman–Crippen LogP) is 1.65. The van der Waals surface area contributed by atoms with Gasteiger partial charge in [-0.1, -0.05) is 5.16 Å². The Bertz CT molecular complexity index is 927. The number of fused-ring (bicyclic) bond motifs is 1. The first-order chi connectivity index (χ1) is 10.3. The predicted molar refractivity (Wildman–Crippen MR) is 74.8 cm³/mol. The van der Waals surface area contributed by atoms with Crippen LogP contribution in [0.25, 0.3) is 33.9 Å². The summed E-state index contributed by atoms with van der Waals surface area (Å²) in [7, 11) is 0. The third-order valence-electron chi connectivity index (χ3n) is 3.05. The Labute approximate surface area is 118 Å². The van der Waals surface area contributed by atoms with Gasteiger partial charge in [-0.25, -0.2) is 0 Å². The molecule has 102 valence electrons. The highest BCUT2D eigenvalue weighted by atomic mass is 16.5. The second-order valence-electron chi connectivity index (χ2n) is 4.38. The van der Waals surface area contributed by atoms with Crippen molar-refractivity contribution in [1.29, 1.82) is 0 Å². The summed E-state index contributed by atoms with van der Waals surface area (Å²) < 4.78 is 5.22. The lowest BCUT2D eigenvalue weighted by Crippen LogP contribution is -1.88. The molecule has 1 aromatic carbocycles. The fourth-order valence-corrected chi connectivity index (χ4v) is 2.02. The van der Waals surface area contributed by atoms with Gasteiger partial charge in [-0.05, 0) is 18.2 Å². The van der Waals surface area contributed by atoms with E-state index in [-0.39, 0.29) is 0 Å². The minimum Gasteiger partial charge on any atom is -0.383 e. The first-order valence-corrected chi connectivity index (χ1v) is 6.15. The number of rotatable bonds is 2. The molecule has 0 aliphatic heterocycles. The molecule has 0 unspecified atom stereocenters. The van der Waals surface area contributed by atoms with E-state index in [0.717, 1.165) is 16.6 Å². The Hall–Kier alpha value is -3.29. The van der Waals surface area contributed by atoms with E-state index in [4.69, 9.17) is 10.3 Å². The van der Waals surface area contributed by atoms with Crippen LogP contribution < -0.4 is 5.73 Å². The summed E-state index contributed by atoms with van der Waals surface area (Å²) in [5.74, 6) is 1.16. The van der Waals surface area contributed by atoms with Gasteiger partial charge in [-0.2, -0.15) is 10.1 Å². The molecule has 0 atom stereocenters. The molecule has 0 aliphatic carbocycles. The Morgan fingerprint density at radius 1 is 1.10 bits per heavy atom. The van der Waals surface area contributed by atoms with Crippen molar-refractivity contribution in [1.82, 2.24) is 30.3 Å². The van der Waals surface area contributed by atoms with Gasteiger partial charge in [0, 0.05) is 18.0 Å². The van der Waals surface area contributed by atoms with Crippen molar-refractivity contribution in [3.05, 3.63) is 36.8 Å². The Morgan fingerprint density at radius 3 is 2.76 bits per heavy atom. The molecular weight excluding hydrogens is 270 g/mol. The van der Waals surface area contributed by atoms with E-state index < -0.39 is 0 Å². The smallest absolute Gasteiger partial charge is 0.263 e. The number of hydrogen-bond donors (Lipinski definition) is 2. The van der Waals surface area contributed by atoms with Crippen LogP contribution in [-0.4, -0.2) is 30.3 Å². The molecule has 0 radical (unpaired) electrons.